The summed E-state index contributed by atoms with van der Waals surface area (Å²) in [6, 6.07) is 18.8. The molecule has 0 saturated heterocycles. The van der Waals surface area contributed by atoms with E-state index < -0.39 is 10.0 Å². The molecule has 0 saturated carbocycles. The molecule has 2 heterocycles. The van der Waals surface area contributed by atoms with Gasteiger partial charge in [-0.05, 0) is 66.4 Å². The summed E-state index contributed by atoms with van der Waals surface area (Å²) in [5, 5.41) is 9.38. The van der Waals surface area contributed by atoms with Crippen molar-refractivity contribution < 1.29 is 17.9 Å². The average molecular weight is 645 g/mol. The van der Waals surface area contributed by atoms with Crippen LogP contribution in [0, 0.1) is 6.92 Å². The quantitative estimate of drug-likeness (QED) is 0.169. The highest BCUT2D eigenvalue weighted by atomic mass is 32.2. The van der Waals surface area contributed by atoms with Crippen LogP contribution in [0.15, 0.2) is 73.1 Å². The van der Waals surface area contributed by atoms with Crippen LogP contribution >= 0.6 is 0 Å². The standard InChI is InChI=1S/C33H40N8O4S/c1-21-12-13-22(32(42)36-26-17-23(33(2,3)4)18-27(31(26)45-5)38-46(6,43)44)16-30(21)40-20-28(37-39-40)25-19-35-41(29(25)14-15-34)24-10-8-7-9-11-24/h7-13,16-20,37-39H,14-15,34H2,1-6H3,(H,36,42). The van der Waals surface area contributed by atoms with E-state index in [9.17, 15) is 13.2 Å². The van der Waals surface area contributed by atoms with E-state index in [1.807, 2.05) is 86.2 Å². The maximum absolute atomic E-state index is 13.7. The third kappa shape index (κ3) is 7.01. The van der Waals surface area contributed by atoms with Gasteiger partial charge in [0.25, 0.3) is 5.91 Å². The fraction of sp³-hybridized carbons (Fsp3) is 0.273. The molecule has 0 radical (unpaired) electrons. The Morgan fingerprint density at radius 2 is 1.78 bits per heavy atom. The number of para-hydroxylation sites is 1. The monoisotopic (exact) mass is 644 g/mol. The summed E-state index contributed by atoms with van der Waals surface area (Å²) >= 11 is 0. The molecule has 242 valence electrons. The van der Waals surface area contributed by atoms with E-state index in [4.69, 9.17) is 10.5 Å². The molecule has 0 fully saturated rings. The van der Waals surface area contributed by atoms with Gasteiger partial charge in [0.2, 0.25) is 10.0 Å². The number of carbonyl (C=O) groups excluding carboxylic acids is 1. The number of nitrogens with one attached hydrogen (secondary N) is 4. The SMILES string of the molecule is COc1c(NC(=O)c2ccc(C)c(N3C=C(c4cnn(-c5ccccc5)c4CCN)NN3)c2)cc(C(C)(C)C)cc1NS(C)(=O)=O. The molecule has 3 aromatic carbocycles. The van der Waals surface area contributed by atoms with Gasteiger partial charge in [0.05, 0.1) is 53.7 Å². The maximum atomic E-state index is 13.7. The molecule has 12 nitrogen and oxygen atoms in total. The first-order chi connectivity index (χ1) is 21.8. The van der Waals surface area contributed by atoms with Crippen LogP contribution < -0.4 is 36.5 Å². The fourth-order valence-corrected chi connectivity index (χ4v) is 5.75. The topological polar surface area (TPSA) is 156 Å². The first kappa shape index (κ1) is 32.5. The number of hydrogen-bond acceptors (Lipinski definition) is 9. The lowest BCUT2D eigenvalue weighted by molar-refractivity contribution is 0.102. The normalized spacial score (nSPS) is 13.3. The molecule has 0 unspecified atom stereocenters. The summed E-state index contributed by atoms with van der Waals surface area (Å²) < 4.78 is 34.2. The lowest BCUT2D eigenvalue weighted by atomic mass is 9.86. The molecule has 0 spiro atoms. The molecule has 5 rings (SSSR count). The van der Waals surface area contributed by atoms with Gasteiger partial charge in [0.15, 0.2) is 5.75 Å². The summed E-state index contributed by atoms with van der Waals surface area (Å²) in [5.74, 6) is -0.178. The number of benzene rings is 3. The molecule has 0 atom stereocenters. The number of carbonyl (C=O) groups is 1. The number of aromatic nitrogens is 2. The number of hydrogen-bond donors (Lipinski definition) is 5. The first-order valence-corrected chi connectivity index (χ1v) is 16.7. The minimum absolute atomic E-state index is 0.210. The Kier molecular flexibility index (Phi) is 9.10. The molecule has 46 heavy (non-hydrogen) atoms. The number of anilines is 3. The van der Waals surface area contributed by atoms with Gasteiger partial charge in [-0.3, -0.25) is 14.5 Å². The largest absolute Gasteiger partial charge is 0.492 e. The second-order valence-electron chi connectivity index (χ2n) is 12.1. The lowest BCUT2D eigenvalue weighted by Gasteiger charge is -2.24. The Bertz CT molecular complexity index is 1900. The predicted molar refractivity (Wildman–Crippen MR) is 182 cm³/mol. The van der Waals surface area contributed by atoms with Gasteiger partial charge in [0.1, 0.15) is 0 Å². The van der Waals surface area contributed by atoms with Gasteiger partial charge in [-0.2, -0.15) is 5.10 Å². The second-order valence-corrected chi connectivity index (χ2v) is 13.9. The number of methoxy groups -OCH3 is 1. The number of aryl methyl sites for hydroxylation is 1. The zero-order valence-corrected chi connectivity index (χ0v) is 27.6. The maximum Gasteiger partial charge on any atom is 0.255 e. The molecular formula is C33H40N8O4S. The number of rotatable bonds is 10. The van der Waals surface area contributed by atoms with Crippen molar-refractivity contribution in [2.75, 3.05) is 35.0 Å². The summed E-state index contributed by atoms with van der Waals surface area (Å²) in [6.45, 7) is 8.42. The van der Waals surface area contributed by atoms with E-state index in [2.05, 4.69) is 26.1 Å². The van der Waals surface area contributed by atoms with E-state index in [0.29, 0.717) is 24.2 Å². The Balaban J connectivity index is 1.46. The van der Waals surface area contributed by atoms with Crippen LogP contribution in [0.4, 0.5) is 17.1 Å². The van der Waals surface area contributed by atoms with Crippen molar-refractivity contribution in [1.82, 2.24) is 20.7 Å². The number of amides is 1. The van der Waals surface area contributed by atoms with Gasteiger partial charge in [-0.25, -0.2) is 13.1 Å². The molecular weight excluding hydrogens is 604 g/mol. The second kappa shape index (κ2) is 12.9. The number of hydrazine groups is 2. The minimum atomic E-state index is -3.61. The zero-order valence-electron chi connectivity index (χ0n) is 26.8. The van der Waals surface area contributed by atoms with Crippen LogP contribution in [0.25, 0.3) is 11.4 Å². The third-order valence-corrected chi connectivity index (χ3v) is 8.13. The van der Waals surface area contributed by atoms with E-state index >= 15 is 0 Å². The van der Waals surface area contributed by atoms with Crippen LogP contribution in [0.2, 0.25) is 0 Å². The highest BCUT2D eigenvalue weighted by molar-refractivity contribution is 7.92. The Labute approximate surface area is 269 Å². The Hall–Kier alpha value is -4.85. The van der Waals surface area contributed by atoms with Crippen LogP contribution in [-0.2, 0) is 21.9 Å². The Morgan fingerprint density at radius 1 is 1.07 bits per heavy atom. The lowest BCUT2D eigenvalue weighted by Crippen LogP contribution is -2.36. The number of nitrogens with two attached hydrogens (primary N) is 1. The fourth-order valence-electron chi connectivity index (χ4n) is 5.20. The van der Waals surface area contributed by atoms with Gasteiger partial charge in [-0.1, -0.05) is 45.0 Å². The molecule has 6 N–H and O–H groups in total. The van der Waals surface area contributed by atoms with Crippen LogP contribution in [0.1, 0.15) is 53.5 Å². The van der Waals surface area contributed by atoms with Crippen molar-refractivity contribution in [2.45, 2.75) is 39.5 Å². The number of ether oxygens (including phenoxy) is 1. The molecule has 4 aromatic rings. The van der Waals surface area contributed by atoms with Gasteiger partial charge in [-0.15, -0.1) is 5.53 Å². The van der Waals surface area contributed by atoms with Crippen molar-refractivity contribution in [3.63, 3.8) is 0 Å². The first-order valence-electron chi connectivity index (χ1n) is 14.8. The molecule has 1 amide bonds. The van der Waals surface area contributed by atoms with Crippen LogP contribution in [0.3, 0.4) is 0 Å². The Morgan fingerprint density at radius 3 is 2.43 bits per heavy atom. The smallest absolute Gasteiger partial charge is 0.255 e. The third-order valence-electron chi connectivity index (χ3n) is 7.54. The zero-order chi connectivity index (χ0) is 33.2. The van der Waals surface area contributed by atoms with Crippen molar-refractivity contribution in [3.05, 3.63) is 101 Å². The van der Waals surface area contributed by atoms with E-state index in [1.165, 1.54) is 7.11 Å². The number of nitrogens with zero attached hydrogens (tertiary/aromatic N) is 3. The highest BCUT2D eigenvalue weighted by Crippen LogP contribution is 2.39. The number of sulfonamides is 1. The highest BCUT2D eigenvalue weighted by Gasteiger charge is 2.25. The minimum Gasteiger partial charge on any atom is -0.492 e. The van der Waals surface area contributed by atoms with Crippen molar-refractivity contribution in [1.29, 1.82) is 0 Å². The molecule has 0 aliphatic carbocycles. The summed E-state index contributed by atoms with van der Waals surface area (Å²) in [6.07, 6.45) is 5.41. The van der Waals surface area contributed by atoms with Crippen molar-refractivity contribution in [2.24, 2.45) is 5.73 Å². The van der Waals surface area contributed by atoms with Gasteiger partial charge < -0.3 is 21.2 Å². The van der Waals surface area contributed by atoms with Crippen LogP contribution in [-0.4, -0.2) is 44.0 Å². The molecule has 1 aromatic heterocycles. The van der Waals surface area contributed by atoms with Gasteiger partial charge in [0, 0.05) is 23.7 Å². The summed E-state index contributed by atoms with van der Waals surface area (Å²) in [7, 11) is -2.18. The van der Waals surface area contributed by atoms with Gasteiger partial charge >= 0.3 is 0 Å². The van der Waals surface area contributed by atoms with E-state index in [-0.39, 0.29) is 22.8 Å². The molecule has 1 aliphatic rings. The van der Waals surface area contributed by atoms with Crippen LogP contribution in [0.5, 0.6) is 5.75 Å². The van der Waals surface area contributed by atoms with Crippen molar-refractivity contribution in [3.8, 4) is 11.4 Å². The average Bonchev–Trinajstić information content (AvgIpc) is 3.64. The van der Waals surface area contributed by atoms with Crippen molar-refractivity contribution >= 4 is 38.7 Å². The molecule has 13 heteroatoms. The summed E-state index contributed by atoms with van der Waals surface area (Å²) in [4.78, 5) is 13.7. The molecule has 0 bridgehead atoms. The predicted octanol–water partition coefficient (Wildman–Crippen LogP) is 4.44. The summed E-state index contributed by atoms with van der Waals surface area (Å²) in [5.41, 5.74) is 19.1. The van der Waals surface area contributed by atoms with E-state index in [0.717, 1.165) is 45.7 Å². The molecule has 1 aliphatic heterocycles. The van der Waals surface area contributed by atoms with E-state index in [1.54, 1.807) is 24.3 Å².